The summed E-state index contributed by atoms with van der Waals surface area (Å²) in [5.41, 5.74) is 6.54. The highest BCUT2D eigenvalue weighted by molar-refractivity contribution is 8.76. The average molecular weight is 391 g/mol. The van der Waals surface area contributed by atoms with Gasteiger partial charge >= 0.3 is 0 Å². The molecule has 0 atom stereocenters. The van der Waals surface area contributed by atoms with Gasteiger partial charge in [-0.2, -0.15) is 0 Å². The van der Waals surface area contributed by atoms with Crippen molar-refractivity contribution in [3.63, 3.8) is 0 Å². The third kappa shape index (κ3) is 6.17. The molecular weight excluding hydrogens is 360 g/mol. The lowest BCUT2D eigenvalue weighted by atomic mass is 10.0. The maximum atomic E-state index is 9.83. The highest BCUT2D eigenvalue weighted by Gasteiger charge is 2.05. The average Bonchev–Trinajstić information content (AvgIpc) is 2.59. The second kappa shape index (κ2) is 10.2. The van der Waals surface area contributed by atoms with Gasteiger partial charge in [-0.1, -0.05) is 45.9 Å². The van der Waals surface area contributed by atoms with Crippen LogP contribution in [-0.4, -0.2) is 21.7 Å². The van der Waals surface area contributed by atoms with Crippen LogP contribution in [0.5, 0.6) is 11.5 Å². The Bertz CT molecular complexity index is 631. The fourth-order valence-electron chi connectivity index (χ4n) is 3.17. The van der Waals surface area contributed by atoms with Crippen molar-refractivity contribution in [2.75, 3.05) is 11.5 Å². The summed E-state index contributed by atoms with van der Waals surface area (Å²) in [6.07, 6.45) is 4.47. The van der Waals surface area contributed by atoms with E-state index in [1.54, 1.807) is 0 Å². The fourth-order valence-corrected chi connectivity index (χ4v) is 5.34. The summed E-state index contributed by atoms with van der Waals surface area (Å²) in [6, 6.07) is 8.40. The van der Waals surface area contributed by atoms with Crippen LogP contribution in [0.4, 0.5) is 0 Å². The van der Waals surface area contributed by atoms with Crippen LogP contribution in [-0.2, 0) is 12.8 Å². The van der Waals surface area contributed by atoms with Crippen molar-refractivity contribution in [1.29, 1.82) is 0 Å². The zero-order chi connectivity index (χ0) is 19.1. The van der Waals surface area contributed by atoms with Gasteiger partial charge in [0, 0.05) is 11.5 Å². The molecule has 0 radical (unpaired) electrons. The topological polar surface area (TPSA) is 40.5 Å². The smallest absolute Gasteiger partial charge is 0.121 e. The molecule has 2 aromatic carbocycles. The summed E-state index contributed by atoms with van der Waals surface area (Å²) in [6.45, 7) is 7.86. The number of phenols is 2. The Hall–Kier alpha value is -1.26. The Morgan fingerprint density at radius 1 is 0.615 bits per heavy atom. The summed E-state index contributed by atoms with van der Waals surface area (Å²) >= 11 is 0. The Morgan fingerprint density at radius 3 is 1.23 bits per heavy atom. The van der Waals surface area contributed by atoms with Gasteiger partial charge in [0.05, 0.1) is 0 Å². The zero-order valence-corrected chi connectivity index (χ0v) is 17.9. The highest BCUT2D eigenvalue weighted by Crippen LogP contribution is 2.27. The van der Waals surface area contributed by atoms with Crippen molar-refractivity contribution in [3.8, 4) is 11.5 Å². The summed E-state index contributed by atoms with van der Waals surface area (Å²) in [7, 11) is 3.91. The number of phenolic OH excluding ortho intramolecular Hbond substituents is 2. The van der Waals surface area contributed by atoms with Crippen LogP contribution >= 0.6 is 21.6 Å². The number of aromatic hydroxyl groups is 2. The highest BCUT2D eigenvalue weighted by atomic mass is 33.1. The number of hydrogen-bond donors (Lipinski definition) is 2. The van der Waals surface area contributed by atoms with E-state index in [1.807, 2.05) is 49.3 Å². The predicted octanol–water partition coefficient (Wildman–Crippen LogP) is 6.28. The number of rotatable bonds is 9. The maximum Gasteiger partial charge on any atom is 0.121 e. The Morgan fingerprint density at radius 2 is 0.923 bits per heavy atom. The van der Waals surface area contributed by atoms with Crippen molar-refractivity contribution in [1.82, 2.24) is 0 Å². The monoisotopic (exact) mass is 390 g/mol. The Kier molecular flexibility index (Phi) is 8.23. The van der Waals surface area contributed by atoms with Crippen LogP contribution in [0.2, 0.25) is 0 Å². The first-order valence-electron chi connectivity index (χ1n) is 9.21. The minimum Gasteiger partial charge on any atom is -0.507 e. The first-order valence-corrected chi connectivity index (χ1v) is 11.7. The number of hydrogen-bond acceptors (Lipinski definition) is 4. The molecule has 0 fully saturated rings. The molecular formula is C22H30O2S2. The largest absolute Gasteiger partial charge is 0.507 e. The van der Waals surface area contributed by atoms with E-state index in [0.717, 1.165) is 59.4 Å². The second-order valence-corrected chi connectivity index (χ2v) is 9.71. The van der Waals surface area contributed by atoms with E-state index < -0.39 is 0 Å². The normalized spacial score (nSPS) is 11.1. The Labute approximate surface area is 165 Å². The van der Waals surface area contributed by atoms with Gasteiger partial charge in [-0.3, -0.25) is 0 Å². The molecule has 26 heavy (non-hydrogen) atoms. The molecule has 2 aromatic rings. The van der Waals surface area contributed by atoms with Crippen molar-refractivity contribution in [2.24, 2.45) is 0 Å². The van der Waals surface area contributed by atoms with Crippen LogP contribution in [0, 0.1) is 27.7 Å². The van der Waals surface area contributed by atoms with Gasteiger partial charge in [0.1, 0.15) is 11.5 Å². The van der Waals surface area contributed by atoms with Crippen molar-refractivity contribution in [3.05, 3.63) is 57.6 Å². The quantitative estimate of drug-likeness (QED) is 0.390. The van der Waals surface area contributed by atoms with Gasteiger partial charge in [0.2, 0.25) is 0 Å². The molecule has 0 bridgehead atoms. The van der Waals surface area contributed by atoms with Crippen molar-refractivity contribution in [2.45, 2.75) is 53.4 Å². The molecule has 0 amide bonds. The van der Waals surface area contributed by atoms with Crippen LogP contribution in [0.3, 0.4) is 0 Å². The molecule has 2 nitrogen and oxygen atoms in total. The van der Waals surface area contributed by atoms with E-state index in [0.29, 0.717) is 11.5 Å². The third-order valence-electron chi connectivity index (χ3n) is 4.57. The lowest BCUT2D eigenvalue weighted by Crippen LogP contribution is -1.92. The molecule has 0 unspecified atom stereocenters. The molecule has 0 heterocycles. The molecule has 2 N–H and O–H groups in total. The molecule has 142 valence electrons. The maximum absolute atomic E-state index is 9.83. The molecule has 4 heteroatoms. The van der Waals surface area contributed by atoms with Gasteiger partial charge in [-0.15, -0.1) is 0 Å². The van der Waals surface area contributed by atoms with E-state index in [-0.39, 0.29) is 0 Å². The Balaban J connectivity index is 1.60. The van der Waals surface area contributed by atoms with Crippen molar-refractivity contribution >= 4 is 21.6 Å². The van der Waals surface area contributed by atoms with Gasteiger partial charge in [-0.25, -0.2) is 0 Å². The summed E-state index contributed by atoms with van der Waals surface area (Å²) < 4.78 is 0. The summed E-state index contributed by atoms with van der Waals surface area (Å²) in [5, 5.41) is 19.7. The standard InChI is InChI=1S/C22H30O2S2/c1-15-11-19(12-16(2)21(15)23)7-5-9-25-26-10-6-8-20-13-17(3)22(24)18(4)14-20/h11-14,23-24H,5-10H2,1-4H3. The van der Waals surface area contributed by atoms with E-state index in [2.05, 4.69) is 24.3 Å². The summed E-state index contributed by atoms with van der Waals surface area (Å²) in [5.74, 6) is 3.16. The van der Waals surface area contributed by atoms with E-state index >= 15 is 0 Å². The van der Waals surface area contributed by atoms with E-state index in [1.165, 1.54) is 11.1 Å². The fraction of sp³-hybridized carbons (Fsp3) is 0.455. The molecule has 0 aliphatic carbocycles. The minimum atomic E-state index is 0.428. The van der Waals surface area contributed by atoms with Gasteiger partial charge in [0.15, 0.2) is 0 Å². The first-order chi connectivity index (χ1) is 12.4. The molecule has 0 saturated heterocycles. The van der Waals surface area contributed by atoms with E-state index in [9.17, 15) is 10.2 Å². The predicted molar refractivity (Wildman–Crippen MR) is 117 cm³/mol. The van der Waals surface area contributed by atoms with Gasteiger partial charge < -0.3 is 10.2 Å². The van der Waals surface area contributed by atoms with E-state index in [4.69, 9.17) is 0 Å². The molecule has 0 aliphatic rings. The minimum absolute atomic E-state index is 0.428. The first kappa shape index (κ1) is 21.0. The molecule has 0 aliphatic heterocycles. The van der Waals surface area contributed by atoms with Crippen LogP contribution in [0.15, 0.2) is 24.3 Å². The molecule has 2 rings (SSSR count). The summed E-state index contributed by atoms with van der Waals surface area (Å²) in [4.78, 5) is 0. The molecule has 0 spiro atoms. The molecule has 0 saturated carbocycles. The van der Waals surface area contributed by atoms with Crippen LogP contribution in [0.1, 0.15) is 46.2 Å². The van der Waals surface area contributed by atoms with Gasteiger partial charge in [0.25, 0.3) is 0 Å². The lowest BCUT2D eigenvalue weighted by Gasteiger charge is -2.08. The second-order valence-electron chi connectivity index (χ2n) is 7.01. The lowest BCUT2D eigenvalue weighted by molar-refractivity contribution is 0.466. The van der Waals surface area contributed by atoms with Crippen molar-refractivity contribution < 1.29 is 10.2 Å². The number of aryl methyl sites for hydroxylation is 6. The third-order valence-corrected chi connectivity index (χ3v) is 7.15. The van der Waals surface area contributed by atoms with Crippen LogP contribution in [0.25, 0.3) is 0 Å². The SMILES string of the molecule is Cc1cc(CCCSSCCCc2cc(C)c(O)c(C)c2)cc(C)c1O. The van der Waals surface area contributed by atoms with Gasteiger partial charge in [-0.05, 0) is 86.8 Å². The molecule has 0 aromatic heterocycles. The zero-order valence-electron chi connectivity index (χ0n) is 16.3. The van der Waals surface area contributed by atoms with Crippen LogP contribution < -0.4 is 0 Å². The number of benzene rings is 2.